The lowest BCUT2D eigenvalue weighted by molar-refractivity contribution is 0.102. The fourth-order valence-electron chi connectivity index (χ4n) is 1.54. The number of nitrogens with zero attached hydrogens (tertiary/aromatic N) is 2. The van der Waals surface area contributed by atoms with Crippen molar-refractivity contribution in [2.75, 3.05) is 0 Å². The number of hydrogen-bond donors (Lipinski definition) is 0. The van der Waals surface area contributed by atoms with E-state index in [4.69, 9.17) is 11.6 Å². The summed E-state index contributed by atoms with van der Waals surface area (Å²) in [4.78, 5) is 16.2. The number of aryl methyl sites for hydroxylation is 2. The molecule has 0 saturated carbocycles. The van der Waals surface area contributed by atoms with E-state index < -0.39 is 0 Å². The van der Waals surface area contributed by atoms with Crippen LogP contribution in [0.3, 0.4) is 0 Å². The zero-order valence-electron chi connectivity index (χ0n) is 9.07. The predicted molar refractivity (Wildman–Crippen MR) is 62.8 cm³/mol. The van der Waals surface area contributed by atoms with Crippen molar-refractivity contribution in [2.24, 2.45) is 7.05 Å². The Balaban J connectivity index is 2.49. The van der Waals surface area contributed by atoms with E-state index in [1.54, 1.807) is 36.1 Å². The van der Waals surface area contributed by atoms with Crippen molar-refractivity contribution in [1.29, 1.82) is 0 Å². The molecule has 3 nitrogen and oxygen atoms in total. The summed E-state index contributed by atoms with van der Waals surface area (Å²) in [5.74, 6) is 0.317. The molecule has 0 unspecified atom stereocenters. The first-order valence-electron chi connectivity index (χ1n) is 4.88. The van der Waals surface area contributed by atoms with E-state index in [2.05, 4.69) is 4.98 Å². The Bertz CT molecular complexity index is 546. The minimum Gasteiger partial charge on any atom is -0.331 e. The number of ketones is 1. The monoisotopic (exact) mass is 234 g/mol. The van der Waals surface area contributed by atoms with Crippen LogP contribution in [-0.2, 0) is 7.05 Å². The Hall–Kier alpha value is -1.61. The molecule has 0 radical (unpaired) electrons. The minimum absolute atomic E-state index is 0.104. The molecule has 2 aromatic rings. The molecule has 0 atom stereocenters. The van der Waals surface area contributed by atoms with Crippen molar-refractivity contribution < 1.29 is 4.79 Å². The van der Waals surface area contributed by atoms with Gasteiger partial charge in [0.1, 0.15) is 0 Å². The van der Waals surface area contributed by atoms with Crippen molar-refractivity contribution >= 4 is 17.4 Å². The van der Waals surface area contributed by atoms with E-state index >= 15 is 0 Å². The van der Waals surface area contributed by atoms with Crippen LogP contribution in [0.2, 0.25) is 5.02 Å². The van der Waals surface area contributed by atoms with Crippen LogP contribution < -0.4 is 0 Å². The molecule has 2 rings (SSSR count). The Morgan fingerprint density at radius 3 is 2.81 bits per heavy atom. The lowest BCUT2D eigenvalue weighted by atomic mass is 10.0. The molecule has 0 saturated heterocycles. The maximum atomic E-state index is 12.2. The number of rotatable bonds is 2. The Morgan fingerprint density at radius 2 is 2.19 bits per heavy atom. The summed E-state index contributed by atoms with van der Waals surface area (Å²) in [6, 6.07) is 5.28. The molecule has 82 valence electrons. The van der Waals surface area contributed by atoms with Crippen LogP contribution >= 0.6 is 11.6 Å². The predicted octanol–water partition coefficient (Wildman–Crippen LogP) is 2.61. The van der Waals surface area contributed by atoms with Crippen LogP contribution in [0.25, 0.3) is 0 Å². The summed E-state index contributed by atoms with van der Waals surface area (Å²) < 4.78 is 1.70. The van der Waals surface area contributed by atoms with E-state index in [1.165, 1.54) is 0 Å². The average Bonchev–Trinajstić information content (AvgIpc) is 2.67. The molecule has 0 aliphatic heterocycles. The van der Waals surface area contributed by atoms with Gasteiger partial charge >= 0.3 is 0 Å². The summed E-state index contributed by atoms with van der Waals surface area (Å²) in [5, 5.41) is 0.558. The number of imidazole rings is 1. The van der Waals surface area contributed by atoms with Gasteiger partial charge in [0.2, 0.25) is 5.78 Å². The number of hydrogen-bond acceptors (Lipinski definition) is 2. The van der Waals surface area contributed by atoms with Gasteiger partial charge in [-0.05, 0) is 24.6 Å². The highest BCUT2D eigenvalue weighted by atomic mass is 35.5. The Kier molecular flexibility index (Phi) is 2.79. The number of aromatic nitrogens is 2. The summed E-state index contributed by atoms with van der Waals surface area (Å²) in [7, 11) is 1.79. The lowest BCUT2D eigenvalue weighted by Crippen LogP contribution is -2.10. The van der Waals surface area contributed by atoms with Crippen LogP contribution in [0.1, 0.15) is 21.7 Å². The van der Waals surface area contributed by atoms with Gasteiger partial charge in [0.25, 0.3) is 0 Å². The average molecular weight is 235 g/mol. The standard InChI is InChI=1S/C12H11ClN2O/c1-8-3-4-9(13)7-10(8)11(16)12-14-5-6-15(12)2/h3-7H,1-2H3. The first kappa shape index (κ1) is 10.9. The first-order chi connectivity index (χ1) is 7.59. The molecular weight excluding hydrogens is 224 g/mol. The number of benzene rings is 1. The highest BCUT2D eigenvalue weighted by Gasteiger charge is 2.15. The van der Waals surface area contributed by atoms with E-state index in [9.17, 15) is 4.79 Å². The van der Waals surface area contributed by atoms with Crippen molar-refractivity contribution in [3.63, 3.8) is 0 Å². The highest BCUT2D eigenvalue weighted by Crippen LogP contribution is 2.18. The van der Waals surface area contributed by atoms with E-state index in [1.807, 2.05) is 13.0 Å². The molecule has 0 spiro atoms. The van der Waals surface area contributed by atoms with E-state index in [-0.39, 0.29) is 5.78 Å². The summed E-state index contributed by atoms with van der Waals surface area (Å²) in [6.45, 7) is 1.88. The zero-order chi connectivity index (χ0) is 11.7. The normalized spacial score (nSPS) is 10.4. The summed E-state index contributed by atoms with van der Waals surface area (Å²) in [6.07, 6.45) is 3.35. The molecule has 0 aliphatic rings. The molecule has 1 aromatic carbocycles. The van der Waals surface area contributed by atoms with Gasteiger partial charge in [0.15, 0.2) is 5.82 Å². The maximum absolute atomic E-state index is 12.2. The van der Waals surface area contributed by atoms with Gasteiger partial charge in [0.05, 0.1) is 0 Å². The summed E-state index contributed by atoms with van der Waals surface area (Å²) in [5.41, 5.74) is 1.50. The van der Waals surface area contributed by atoms with Gasteiger partial charge in [-0.3, -0.25) is 4.79 Å². The quantitative estimate of drug-likeness (QED) is 0.749. The Labute approximate surface area is 98.7 Å². The fraction of sp³-hybridized carbons (Fsp3) is 0.167. The molecular formula is C12H11ClN2O. The molecule has 0 bridgehead atoms. The summed E-state index contributed by atoms with van der Waals surface area (Å²) >= 11 is 5.88. The first-order valence-corrected chi connectivity index (χ1v) is 5.25. The highest BCUT2D eigenvalue weighted by molar-refractivity contribution is 6.31. The molecule has 16 heavy (non-hydrogen) atoms. The zero-order valence-corrected chi connectivity index (χ0v) is 9.82. The van der Waals surface area contributed by atoms with E-state index in [0.29, 0.717) is 16.4 Å². The Morgan fingerprint density at radius 1 is 1.44 bits per heavy atom. The second-order valence-corrected chi connectivity index (χ2v) is 4.09. The van der Waals surface area contributed by atoms with Crippen LogP contribution in [0.4, 0.5) is 0 Å². The van der Waals surface area contributed by atoms with Crippen LogP contribution in [0.15, 0.2) is 30.6 Å². The van der Waals surface area contributed by atoms with Gasteiger partial charge in [-0.25, -0.2) is 4.98 Å². The van der Waals surface area contributed by atoms with E-state index in [0.717, 1.165) is 5.56 Å². The third-order valence-electron chi connectivity index (χ3n) is 2.47. The molecule has 0 fully saturated rings. The second-order valence-electron chi connectivity index (χ2n) is 3.65. The molecule has 1 aromatic heterocycles. The van der Waals surface area contributed by atoms with Crippen LogP contribution in [0.5, 0.6) is 0 Å². The topological polar surface area (TPSA) is 34.9 Å². The fourth-order valence-corrected chi connectivity index (χ4v) is 1.72. The second kappa shape index (κ2) is 4.10. The SMILES string of the molecule is Cc1ccc(Cl)cc1C(=O)c1nccn1C. The van der Waals surface area contributed by atoms with Gasteiger partial charge in [-0.15, -0.1) is 0 Å². The minimum atomic E-state index is -0.104. The largest absolute Gasteiger partial charge is 0.331 e. The van der Waals surface area contributed by atoms with Crippen LogP contribution in [-0.4, -0.2) is 15.3 Å². The van der Waals surface area contributed by atoms with Gasteiger partial charge in [-0.2, -0.15) is 0 Å². The van der Waals surface area contributed by atoms with Gasteiger partial charge in [0, 0.05) is 30.0 Å². The molecule has 0 aliphatic carbocycles. The maximum Gasteiger partial charge on any atom is 0.228 e. The third kappa shape index (κ3) is 1.86. The smallest absolute Gasteiger partial charge is 0.228 e. The third-order valence-corrected chi connectivity index (χ3v) is 2.70. The molecule has 0 N–H and O–H groups in total. The van der Waals surface area contributed by atoms with Crippen molar-refractivity contribution in [3.05, 3.63) is 52.6 Å². The van der Waals surface area contributed by atoms with Crippen molar-refractivity contribution in [1.82, 2.24) is 9.55 Å². The molecule has 0 amide bonds. The van der Waals surface area contributed by atoms with Gasteiger partial charge < -0.3 is 4.57 Å². The van der Waals surface area contributed by atoms with Crippen LogP contribution in [0, 0.1) is 6.92 Å². The van der Waals surface area contributed by atoms with Crippen molar-refractivity contribution in [3.8, 4) is 0 Å². The number of carbonyl (C=O) groups excluding carboxylic acids is 1. The lowest BCUT2D eigenvalue weighted by Gasteiger charge is -2.05. The number of halogens is 1. The molecule has 1 heterocycles. The van der Waals surface area contributed by atoms with Gasteiger partial charge in [-0.1, -0.05) is 17.7 Å². The van der Waals surface area contributed by atoms with Crippen molar-refractivity contribution in [2.45, 2.75) is 6.92 Å². The number of carbonyl (C=O) groups is 1. The molecule has 4 heteroatoms.